The van der Waals surface area contributed by atoms with E-state index in [0.29, 0.717) is 0 Å². The zero-order valence-electron chi connectivity index (χ0n) is 25.5. The molecule has 39 heavy (non-hydrogen) atoms. The molecular formula is C32H47N7. The largest absolute Gasteiger partial charge is 0.365 e. The molecule has 0 unspecified atom stereocenters. The van der Waals surface area contributed by atoms with Crippen LogP contribution in [0.4, 0.5) is 17.1 Å². The molecule has 0 spiro atoms. The lowest BCUT2D eigenvalue weighted by atomic mass is 10.1. The molecule has 6 rings (SSSR count). The van der Waals surface area contributed by atoms with Crippen molar-refractivity contribution < 1.29 is 0 Å². The van der Waals surface area contributed by atoms with Crippen molar-refractivity contribution in [3.05, 3.63) is 66.3 Å². The highest BCUT2D eigenvalue weighted by atomic mass is 15.2. The Bertz CT molecular complexity index is 1090. The van der Waals surface area contributed by atoms with Gasteiger partial charge in [0.1, 0.15) is 6.33 Å². The van der Waals surface area contributed by atoms with Gasteiger partial charge in [0.25, 0.3) is 0 Å². The second-order valence-corrected chi connectivity index (χ2v) is 13.5. The lowest BCUT2D eigenvalue weighted by molar-refractivity contribution is 0.517. The van der Waals surface area contributed by atoms with Crippen LogP contribution in [0.2, 0.25) is 0 Å². The fourth-order valence-corrected chi connectivity index (χ4v) is 5.62. The fraction of sp³-hybridized carbons (Fsp3) is 0.562. The highest BCUT2D eigenvalue weighted by Gasteiger charge is 2.30. The summed E-state index contributed by atoms with van der Waals surface area (Å²) < 4.78 is 0. The summed E-state index contributed by atoms with van der Waals surface area (Å²) in [6, 6.07) is 6.31. The molecule has 0 N–H and O–H groups in total. The van der Waals surface area contributed by atoms with E-state index < -0.39 is 0 Å². The number of fused-ring (bicyclic) bond motifs is 3. The first-order valence-corrected chi connectivity index (χ1v) is 14.3. The van der Waals surface area contributed by atoms with E-state index in [1.54, 1.807) is 6.33 Å². The van der Waals surface area contributed by atoms with Crippen LogP contribution >= 0.6 is 0 Å². The molecule has 210 valence electrons. The Hall–Kier alpha value is -3.22. The smallest absolute Gasteiger partial charge is 0.115 e. The lowest BCUT2D eigenvalue weighted by Crippen LogP contribution is -2.40. The molecule has 7 nitrogen and oxygen atoms in total. The van der Waals surface area contributed by atoms with Gasteiger partial charge in [-0.05, 0) is 92.5 Å². The maximum absolute atomic E-state index is 4.38. The van der Waals surface area contributed by atoms with Gasteiger partial charge in [-0.3, -0.25) is 9.97 Å². The van der Waals surface area contributed by atoms with E-state index in [9.17, 15) is 0 Å². The summed E-state index contributed by atoms with van der Waals surface area (Å²) in [6.45, 7) is 23.4. The molecule has 0 atom stereocenters. The average molecular weight is 530 g/mol. The number of nitrogens with zero attached hydrogens (tertiary/aromatic N) is 7. The average Bonchev–Trinajstić information content (AvgIpc) is 3.60. The highest BCUT2D eigenvalue weighted by Crippen LogP contribution is 2.33. The van der Waals surface area contributed by atoms with Crippen molar-refractivity contribution in [2.24, 2.45) is 0 Å². The summed E-state index contributed by atoms with van der Waals surface area (Å²) in [7, 11) is 0. The van der Waals surface area contributed by atoms with Crippen molar-refractivity contribution in [1.29, 1.82) is 0 Å². The predicted molar refractivity (Wildman–Crippen MR) is 163 cm³/mol. The van der Waals surface area contributed by atoms with Crippen LogP contribution in [0, 0.1) is 0 Å². The van der Waals surface area contributed by atoms with E-state index in [1.807, 2.05) is 30.9 Å². The number of hydrogen-bond acceptors (Lipinski definition) is 7. The fourth-order valence-electron chi connectivity index (χ4n) is 5.62. The maximum Gasteiger partial charge on any atom is 0.115 e. The molecule has 0 amide bonds. The van der Waals surface area contributed by atoms with Gasteiger partial charge in [0.2, 0.25) is 0 Å². The first-order valence-electron chi connectivity index (χ1n) is 14.3. The van der Waals surface area contributed by atoms with Crippen LogP contribution in [-0.2, 0) is 19.3 Å². The zero-order chi connectivity index (χ0) is 28.4. The molecule has 0 aromatic carbocycles. The van der Waals surface area contributed by atoms with Gasteiger partial charge in [-0.1, -0.05) is 0 Å². The van der Waals surface area contributed by atoms with Crippen LogP contribution in [-0.4, -0.2) is 56.2 Å². The van der Waals surface area contributed by atoms with Crippen LogP contribution < -0.4 is 14.7 Å². The van der Waals surface area contributed by atoms with E-state index in [0.717, 1.165) is 38.9 Å². The second-order valence-electron chi connectivity index (χ2n) is 13.5. The SMILES string of the molecule is CC(C)(C)N1CCc2ccncc21.CC(C)(C)N1CCc2ncccc21.CC(C)(C)N1CCc2ncncc21. The van der Waals surface area contributed by atoms with E-state index >= 15 is 0 Å². The summed E-state index contributed by atoms with van der Waals surface area (Å²) in [4.78, 5) is 24.1. The monoisotopic (exact) mass is 529 g/mol. The van der Waals surface area contributed by atoms with Crippen LogP contribution in [0.3, 0.4) is 0 Å². The second kappa shape index (κ2) is 11.1. The molecule has 6 heterocycles. The first kappa shape index (κ1) is 28.8. The number of anilines is 3. The molecule has 7 heteroatoms. The standard InChI is InChI=1S/2C11H16N2.C10H15N3/c1-11(2,3)13-7-5-9-4-6-12-8-10(9)13;1-11(2,3)13-8-6-9-10(13)5-4-7-12-9;1-10(2,3)13-5-4-8-9(13)6-11-7-12-8/h4,6,8H,5,7H2,1-3H3;4-5,7H,6,8H2,1-3H3;6-7H,4-5H2,1-3H3. The van der Waals surface area contributed by atoms with Gasteiger partial charge in [-0.25, -0.2) is 9.97 Å². The predicted octanol–water partition coefficient (Wildman–Crippen LogP) is 6.12. The van der Waals surface area contributed by atoms with E-state index in [4.69, 9.17) is 0 Å². The van der Waals surface area contributed by atoms with Crippen molar-refractivity contribution in [2.45, 2.75) is 98.2 Å². The Morgan fingerprint density at radius 2 is 1.10 bits per heavy atom. The molecule has 3 aromatic rings. The Kier molecular flexibility index (Phi) is 8.20. The van der Waals surface area contributed by atoms with Crippen LogP contribution in [0.15, 0.2) is 49.3 Å². The summed E-state index contributed by atoms with van der Waals surface area (Å²) in [5.74, 6) is 0. The maximum atomic E-state index is 4.38. The van der Waals surface area contributed by atoms with Crippen molar-refractivity contribution in [3.8, 4) is 0 Å². The van der Waals surface area contributed by atoms with E-state index in [-0.39, 0.29) is 16.6 Å². The molecular weight excluding hydrogens is 482 g/mol. The van der Waals surface area contributed by atoms with Crippen LogP contribution in [0.25, 0.3) is 0 Å². The van der Waals surface area contributed by atoms with Crippen molar-refractivity contribution in [1.82, 2.24) is 19.9 Å². The van der Waals surface area contributed by atoms with Crippen LogP contribution in [0.1, 0.15) is 79.3 Å². The Labute approximate surface area is 235 Å². The third kappa shape index (κ3) is 6.68. The molecule has 3 aromatic heterocycles. The minimum absolute atomic E-state index is 0.177. The molecule has 0 saturated heterocycles. The molecule has 3 aliphatic rings. The first-order chi connectivity index (χ1) is 18.3. The minimum atomic E-state index is 0.177. The highest BCUT2D eigenvalue weighted by molar-refractivity contribution is 5.58. The number of rotatable bonds is 0. The normalized spacial score (nSPS) is 16.1. The summed E-state index contributed by atoms with van der Waals surface area (Å²) >= 11 is 0. The Morgan fingerprint density at radius 3 is 1.74 bits per heavy atom. The Balaban J connectivity index is 0.000000136. The number of aromatic nitrogens is 4. The van der Waals surface area contributed by atoms with Gasteiger partial charge in [-0.2, -0.15) is 0 Å². The van der Waals surface area contributed by atoms with Crippen molar-refractivity contribution in [3.63, 3.8) is 0 Å². The van der Waals surface area contributed by atoms with Crippen molar-refractivity contribution in [2.75, 3.05) is 34.3 Å². The lowest BCUT2D eigenvalue weighted by Gasteiger charge is -2.34. The number of hydrogen-bond donors (Lipinski definition) is 0. The van der Waals surface area contributed by atoms with Gasteiger partial charge in [0, 0.05) is 61.5 Å². The molecule has 0 radical (unpaired) electrons. The van der Waals surface area contributed by atoms with Crippen molar-refractivity contribution >= 4 is 17.1 Å². The zero-order valence-corrected chi connectivity index (χ0v) is 25.5. The van der Waals surface area contributed by atoms with Gasteiger partial charge in [0.05, 0.1) is 40.8 Å². The third-order valence-electron chi connectivity index (χ3n) is 7.58. The summed E-state index contributed by atoms with van der Waals surface area (Å²) in [6.07, 6.45) is 12.6. The van der Waals surface area contributed by atoms with Gasteiger partial charge in [0.15, 0.2) is 0 Å². The molecule has 3 aliphatic heterocycles. The number of pyridine rings is 2. The Morgan fingerprint density at radius 1 is 0.564 bits per heavy atom. The summed E-state index contributed by atoms with van der Waals surface area (Å²) in [5, 5.41) is 0. The molecule has 0 saturated carbocycles. The molecule has 0 bridgehead atoms. The van der Waals surface area contributed by atoms with E-state index in [2.05, 4.69) is 109 Å². The summed E-state index contributed by atoms with van der Waals surface area (Å²) in [5.41, 5.74) is 8.31. The quantitative estimate of drug-likeness (QED) is 0.347. The minimum Gasteiger partial charge on any atom is -0.365 e. The van der Waals surface area contributed by atoms with E-state index in [1.165, 1.54) is 34.0 Å². The molecule has 0 fully saturated rings. The van der Waals surface area contributed by atoms with Gasteiger partial charge >= 0.3 is 0 Å². The van der Waals surface area contributed by atoms with Crippen LogP contribution in [0.5, 0.6) is 0 Å². The van der Waals surface area contributed by atoms with Gasteiger partial charge in [-0.15, -0.1) is 0 Å². The topological polar surface area (TPSA) is 61.3 Å². The molecule has 0 aliphatic carbocycles. The van der Waals surface area contributed by atoms with Gasteiger partial charge < -0.3 is 14.7 Å². The third-order valence-corrected chi connectivity index (χ3v) is 7.58.